The van der Waals surface area contributed by atoms with Crippen molar-refractivity contribution in [3.8, 4) is 0 Å². The van der Waals surface area contributed by atoms with Crippen LogP contribution in [0.3, 0.4) is 0 Å². The van der Waals surface area contributed by atoms with E-state index in [1.165, 1.54) is 4.31 Å². The molecule has 144 valence electrons. The van der Waals surface area contributed by atoms with E-state index in [2.05, 4.69) is 5.32 Å². The molecule has 1 aliphatic rings. The first-order valence-electron chi connectivity index (χ1n) is 8.34. The van der Waals surface area contributed by atoms with E-state index < -0.39 is 38.3 Å². The zero-order valence-corrected chi connectivity index (χ0v) is 15.0. The number of nitrogens with zero attached hydrogens (tertiary/aromatic N) is 1. The van der Waals surface area contributed by atoms with Crippen molar-refractivity contribution in [2.45, 2.75) is 24.2 Å². The molecule has 9 heteroatoms. The summed E-state index contributed by atoms with van der Waals surface area (Å²) in [5, 5.41) is 2.27. The third-order valence-electron chi connectivity index (χ3n) is 4.25. The van der Waals surface area contributed by atoms with E-state index in [4.69, 9.17) is 0 Å². The number of hydrogen-bond donors (Lipinski definition) is 1. The Kier molecular flexibility index (Phi) is 5.52. The highest BCUT2D eigenvalue weighted by Gasteiger charge is 2.29. The maximum atomic E-state index is 14.2. The summed E-state index contributed by atoms with van der Waals surface area (Å²) in [6, 6.07) is 5.40. The maximum absolute atomic E-state index is 14.2. The molecular formula is C18H17F3N2O3S. The van der Waals surface area contributed by atoms with Gasteiger partial charge in [0.05, 0.1) is 0 Å². The van der Waals surface area contributed by atoms with Crippen molar-refractivity contribution < 1.29 is 26.4 Å². The van der Waals surface area contributed by atoms with Crippen LogP contribution in [0, 0.1) is 17.5 Å². The molecule has 0 atom stereocenters. The van der Waals surface area contributed by atoms with E-state index in [1.54, 1.807) is 0 Å². The van der Waals surface area contributed by atoms with Gasteiger partial charge in [-0.15, -0.1) is 0 Å². The number of carbonyl (C=O) groups excluding carboxylic acids is 1. The summed E-state index contributed by atoms with van der Waals surface area (Å²) in [6.07, 6.45) is 2.28. The monoisotopic (exact) mass is 398 g/mol. The number of rotatable bonds is 4. The molecule has 5 nitrogen and oxygen atoms in total. The smallest absolute Gasteiger partial charge is 0.255 e. The zero-order valence-electron chi connectivity index (χ0n) is 14.2. The fraction of sp³-hybridized carbons (Fsp3) is 0.278. The summed E-state index contributed by atoms with van der Waals surface area (Å²) in [7, 11) is -4.08. The normalized spacial score (nSPS) is 15.5. The molecule has 2 aromatic rings. The van der Waals surface area contributed by atoms with E-state index >= 15 is 0 Å². The van der Waals surface area contributed by atoms with E-state index in [0.29, 0.717) is 32.0 Å². The molecule has 0 saturated carbocycles. The quantitative estimate of drug-likeness (QED) is 0.857. The van der Waals surface area contributed by atoms with E-state index in [0.717, 1.165) is 36.8 Å². The Labute approximate surface area is 154 Å². The Hall–Kier alpha value is -2.39. The van der Waals surface area contributed by atoms with Crippen LogP contribution >= 0.6 is 0 Å². The molecule has 2 aromatic carbocycles. The third kappa shape index (κ3) is 4.30. The van der Waals surface area contributed by atoms with Crippen molar-refractivity contribution in [1.82, 2.24) is 4.31 Å². The molecule has 0 unspecified atom stereocenters. The number of halogens is 3. The third-order valence-corrected chi connectivity index (χ3v) is 6.16. The Morgan fingerprint density at radius 1 is 0.926 bits per heavy atom. The van der Waals surface area contributed by atoms with Gasteiger partial charge in [-0.3, -0.25) is 4.79 Å². The van der Waals surface area contributed by atoms with Gasteiger partial charge in [-0.25, -0.2) is 21.6 Å². The number of carbonyl (C=O) groups is 1. The van der Waals surface area contributed by atoms with Crippen molar-refractivity contribution in [1.29, 1.82) is 0 Å². The van der Waals surface area contributed by atoms with Gasteiger partial charge < -0.3 is 5.32 Å². The first kappa shape index (κ1) is 19.4. The summed E-state index contributed by atoms with van der Waals surface area (Å²) < 4.78 is 67.2. The van der Waals surface area contributed by atoms with Crippen LogP contribution in [0.5, 0.6) is 0 Å². The molecule has 1 fully saturated rings. The highest BCUT2D eigenvalue weighted by Crippen LogP contribution is 2.24. The number of nitrogens with one attached hydrogen (secondary N) is 1. The Morgan fingerprint density at radius 2 is 1.56 bits per heavy atom. The number of piperidine rings is 1. The lowest BCUT2D eigenvalue weighted by Crippen LogP contribution is -2.36. The second-order valence-corrected chi connectivity index (χ2v) is 8.13. The van der Waals surface area contributed by atoms with Gasteiger partial charge in [0.25, 0.3) is 5.91 Å². The number of hydrogen-bond acceptors (Lipinski definition) is 3. The molecule has 1 saturated heterocycles. The Bertz CT molecular complexity index is 954. The van der Waals surface area contributed by atoms with Crippen molar-refractivity contribution in [2.75, 3.05) is 18.4 Å². The van der Waals surface area contributed by atoms with Crippen LogP contribution < -0.4 is 5.32 Å². The molecule has 3 rings (SSSR count). The molecule has 1 amide bonds. The van der Waals surface area contributed by atoms with Crippen LogP contribution in [0.2, 0.25) is 0 Å². The zero-order chi connectivity index (χ0) is 19.6. The minimum absolute atomic E-state index is 0.137. The van der Waals surface area contributed by atoms with Gasteiger partial charge in [0.2, 0.25) is 10.0 Å². The summed E-state index contributed by atoms with van der Waals surface area (Å²) in [4.78, 5) is 11.7. The topological polar surface area (TPSA) is 66.5 Å². The van der Waals surface area contributed by atoms with Crippen molar-refractivity contribution in [3.05, 3.63) is 59.4 Å². The molecule has 0 aromatic heterocycles. The lowest BCUT2D eigenvalue weighted by atomic mass is 10.2. The summed E-state index contributed by atoms with van der Waals surface area (Å²) in [6.45, 7) is 0.585. The number of anilines is 1. The molecule has 0 spiro atoms. The van der Waals surface area contributed by atoms with Crippen LogP contribution in [-0.2, 0) is 10.0 Å². The summed E-state index contributed by atoms with van der Waals surface area (Å²) >= 11 is 0. The fourth-order valence-electron chi connectivity index (χ4n) is 2.92. The Morgan fingerprint density at radius 3 is 2.19 bits per heavy atom. The SMILES string of the molecule is O=C(Nc1cc(F)cc(F)c1)c1ccc(F)c(S(=O)(=O)N2CCCCC2)c1. The van der Waals surface area contributed by atoms with Gasteiger partial charge in [-0.1, -0.05) is 6.42 Å². The molecule has 27 heavy (non-hydrogen) atoms. The lowest BCUT2D eigenvalue weighted by molar-refractivity contribution is 0.102. The van der Waals surface area contributed by atoms with Gasteiger partial charge in [-0.05, 0) is 43.2 Å². The number of sulfonamides is 1. The first-order chi connectivity index (χ1) is 12.8. The van der Waals surface area contributed by atoms with Gasteiger partial charge in [0.15, 0.2) is 0 Å². The standard InChI is InChI=1S/C18H17F3N2O3S/c19-13-9-14(20)11-15(10-13)22-18(24)12-4-5-16(21)17(8-12)27(25,26)23-6-2-1-3-7-23/h4-5,8-11H,1-3,6-7H2,(H,22,24). The fourth-order valence-corrected chi connectivity index (χ4v) is 4.52. The molecule has 0 bridgehead atoms. The highest BCUT2D eigenvalue weighted by atomic mass is 32.2. The highest BCUT2D eigenvalue weighted by molar-refractivity contribution is 7.89. The molecule has 1 heterocycles. The van der Waals surface area contributed by atoms with Gasteiger partial charge in [0.1, 0.15) is 22.3 Å². The summed E-state index contributed by atoms with van der Waals surface area (Å²) in [5.41, 5.74) is -0.279. The molecular weight excluding hydrogens is 381 g/mol. The minimum atomic E-state index is -4.08. The lowest BCUT2D eigenvalue weighted by Gasteiger charge is -2.26. The van der Waals surface area contributed by atoms with Gasteiger partial charge in [0, 0.05) is 30.4 Å². The second kappa shape index (κ2) is 7.69. The van der Waals surface area contributed by atoms with Crippen molar-refractivity contribution >= 4 is 21.6 Å². The van der Waals surface area contributed by atoms with E-state index in [-0.39, 0.29) is 11.3 Å². The van der Waals surface area contributed by atoms with Crippen LogP contribution in [-0.4, -0.2) is 31.7 Å². The van der Waals surface area contributed by atoms with Crippen LogP contribution in [0.4, 0.5) is 18.9 Å². The number of amides is 1. The predicted octanol–water partition coefficient (Wildman–Crippen LogP) is 3.53. The molecule has 0 radical (unpaired) electrons. The van der Waals surface area contributed by atoms with E-state index in [1.807, 2.05) is 0 Å². The summed E-state index contributed by atoms with van der Waals surface area (Å²) in [5.74, 6) is -3.53. The van der Waals surface area contributed by atoms with Crippen LogP contribution in [0.1, 0.15) is 29.6 Å². The average Bonchev–Trinajstić information content (AvgIpc) is 2.61. The molecule has 0 aliphatic carbocycles. The molecule has 1 aliphatic heterocycles. The van der Waals surface area contributed by atoms with Crippen molar-refractivity contribution in [3.63, 3.8) is 0 Å². The van der Waals surface area contributed by atoms with Crippen LogP contribution in [0.25, 0.3) is 0 Å². The van der Waals surface area contributed by atoms with Gasteiger partial charge in [-0.2, -0.15) is 4.31 Å². The minimum Gasteiger partial charge on any atom is -0.322 e. The molecule has 1 N–H and O–H groups in total. The second-order valence-electron chi connectivity index (χ2n) is 6.22. The Balaban J connectivity index is 1.89. The largest absolute Gasteiger partial charge is 0.322 e. The predicted molar refractivity (Wildman–Crippen MR) is 93.3 cm³/mol. The average molecular weight is 398 g/mol. The van der Waals surface area contributed by atoms with Gasteiger partial charge >= 0.3 is 0 Å². The van der Waals surface area contributed by atoms with Crippen molar-refractivity contribution in [2.24, 2.45) is 0 Å². The van der Waals surface area contributed by atoms with Crippen LogP contribution in [0.15, 0.2) is 41.3 Å². The first-order valence-corrected chi connectivity index (χ1v) is 9.78. The maximum Gasteiger partial charge on any atom is 0.255 e. The van der Waals surface area contributed by atoms with E-state index in [9.17, 15) is 26.4 Å². The number of benzene rings is 2.